The first-order valence-electron chi connectivity index (χ1n) is 13.1. The van der Waals surface area contributed by atoms with E-state index in [1.165, 1.54) is 14.0 Å². The lowest BCUT2D eigenvalue weighted by molar-refractivity contribution is -0.384. The van der Waals surface area contributed by atoms with E-state index < -0.39 is 65.1 Å². The molecule has 2 aromatic rings. The van der Waals surface area contributed by atoms with Crippen molar-refractivity contribution in [1.82, 2.24) is 20.2 Å². The number of carbonyl (C=O) groups excluding carboxylic acids is 2. The molecule has 0 spiro atoms. The zero-order valence-corrected chi connectivity index (χ0v) is 23.5. The van der Waals surface area contributed by atoms with E-state index in [4.69, 9.17) is 14.2 Å². The third-order valence-corrected chi connectivity index (χ3v) is 7.74. The molecule has 228 valence electrons. The number of nitrogens with zero attached hydrogens (tertiary/aromatic N) is 4. The molecular formula is C27H34N4O11. The van der Waals surface area contributed by atoms with E-state index in [9.17, 15) is 34.8 Å². The number of aromatic nitrogens is 4. The maximum atomic E-state index is 13.0. The van der Waals surface area contributed by atoms with Gasteiger partial charge in [0.1, 0.15) is 18.3 Å². The Kier molecular flexibility index (Phi) is 8.53. The minimum Gasteiger partial charge on any atom is -0.479 e. The Balaban J connectivity index is 1.69. The van der Waals surface area contributed by atoms with Gasteiger partial charge in [0.2, 0.25) is 17.0 Å². The molecule has 42 heavy (non-hydrogen) atoms. The van der Waals surface area contributed by atoms with Gasteiger partial charge in [0.05, 0.1) is 14.2 Å². The van der Waals surface area contributed by atoms with Crippen LogP contribution in [0, 0.1) is 5.92 Å². The Morgan fingerprint density at radius 2 is 1.86 bits per heavy atom. The quantitative estimate of drug-likeness (QED) is 0.194. The Morgan fingerprint density at radius 3 is 2.40 bits per heavy atom. The number of carboxylic acid groups (broad SMARTS) is 1. The minimum atomic E-state index is -3.27. The Labute approximate surface area is 240 Å². The lowest BCUT2D eigenvalue weighted by Gasteiger charge is -2.49. The highest BCUT2D eigenvalue weighted by Gasteiger charge is 2.84. The highest BCUT2D eigenvalue weighted by Crippen LogP contribution is 2.58. The molecule has 0 radical (unpaired) electrons. The average molecular weight is 591 g/mol. The van der Waals surface area contributed by atoms with Crippen molar-refractivity contribution in [2.24, 2.45) is 13.0 Å². The molecule has 4 rings (SSSR count). The molecular weight excluding hydrogens is 556 g/mol. The molecule has 1 aromatic heterocycles. The van der Waals surface area contributed by atoms with Crippen molar-refractivity contribution in [3.8, 4) is 0 Å². The van der Waals surface area contributed by atoms with Crippen molar-refractivity contribution in [2.75, 3.05) is 7.11 Å². The second kappa shape index (κ2) is 11.5. The number of hydrogen-bond donors (Lipinski definition) is 4. The SMILES string of the molecule is C=C(CC[C@]12O[C@H](c3nnn(C)n3)[C@@](O)(C(=O)OC)[C@](C(=O)O)(O1)[C@H](O)[C@H]2O)[C@@H](OC(C)=O)[C@H](C)Cc1ccccc1. The molecule has 4 N–H and O–H groups in total. The van der Waals surface area contributed by atoms with E-state index in [0.29, 0.717) is 12.0 Å². The summed E-state index contributed by atoms with van der Waals surface area (Å²) >= 11 is 0. The monoisotopic (exact) mass is 590 g/mol. The van der Waals surface area contributed by atoms with Crippen LogP contribution in [0.3, 0.4) is 0 Å². The number of ether oxygens (including phenoxy) is 4. The molecule has 2 saturated heterocycles. The van der Waals surface area contributed by atoms with Crippen LogP contribution in [0.2, 0.25) is 0 Å². The van der Waals surface area contributed by atoms with Gasteiger partial charge < -0.3 is 39.4 Å². The number of carbonyl (C=O) groups is 3. The summed E-state index contributed by atoms with van der Waals surface area (Å²) in [6.45, 7) is 7.20. The first-order valence-corrected chi connectivity index (χ1v) is 13.1. The van der Waals surface area contributed by atoms with Crippen molar-refractivity contribution in [3.63, 3.8) is 0 Å². The van der Waals surface area contributed by atoms with Crippen molar-refractivity contribution in [1.29, 1.82) is 0 Å². The molecule has 0 aliphatic carbocycles. The number of aliphatic hydroxyl groups excluding tert-OH is 2. The number of aryl methyl sites for hydroxylation is 1. The van der Waals surface area contributed by atoms with Crippen LogP contribution >= 0.6 is 0 Å². The van der Waals surface area contributed by atoms with E-state index in [-0.39, 0.29) is 18.8 Å². The highest BCUT2D eigenvalue weighted by atomic mass is 16.8. The van der Waals surface area contributed by atoms with Crippen LogP contribution in [0.5, 0.6) is 0 Å². The van der Waals surface area contributed by atoms with Gasteiger partial charge in [0.25, 0.3) is 0 Å². The smallest absolute Gasteiger partial charge is 0.345 e. The predicted molar refractivity (Wildman–Crippen MR) is 139 cm³/mol. The molecule has 8 atom stereocenters. The van der Waals surface area contributed by atoms with Crippen LogP contribution in [0.1, 0.15) is 44.2 Å². The number of aliphatic hydroxyl groups is 3. The molecule has 2 fully saturated rings. The molecule has 2 aliphatic heterocycles. The van der Waals surface area contributed by atoms with E-state index in [1.54, 1.807) is 0 Å². The predicted octanol–water partition coefficient (Wildman–Crippen LogP) is -0.396. The molecule has 15 nitrogen and oxygen atoms in total. The summed E-state index contributed by atoms with van der Waals surface area (Å²) in [5, 5.41) is 55.6. The number of rotatable bonds is 11. The van der Waals surface area contributed by atoms with Crippen molar-refractivity contribution in [3.05, 3.63) is 53.9 Å². The summed E-state index contributed by atoms with van der Waals surface area (Å²) in [6.07, 6.45) is -7.14. The summed E-state index contributed by atoms with van der Waals surface area (Å²) in [5.74, 6) is -7.06. The third kappa shape index (κ3) is 4.96. The van der Waals surface area contributed by atoms with Gasteiger partial charge in [0, 0.05) is 19.3 Å². The van der Waals surface area contributed by atoms with Gasteiger partial charge in [-0.05, 0) is 29.2 Å². The maximum absolute atomic E-state index is 13.0. The van der Waals surface area contributed by atoms with E-state index in [1.807, 2.05) is 37.3 Å². The van der Waals surface area contributed by atoms with E-state index >= 15 is 0 Å². The van der Waals surface area contributed by atoms with Crippen molar-refractivity contribution < 1.29 is 53.8 Å². The fourth-order valence-corrected chi connectivity index (χ4v) is 5.73. The number of hydrogen-bond acceptors (Lipinski definition) is 13. The zero-order valence-electron chi connectivity index (χ0n) is 23.5. The van der Waals surface area contributed by atoms with Gasteiger partial charge in [-0.3, -0.25) is 4.79 Å². The highest BCUT2D eigenvalue weighted by molar-refractivity contribution is 5.94. The molecule has 0 saturated carbocycles. The maximum Gasteiger partial charge on any atom is 0.345 e. The van der Waals surface area contributed by atoms with E-state index in [0.717, 1.165) is 17.5 Å². The van der Waals surface area contributed by atoms with Crippen molar-refractivity contribution in [2.45, 2.75) is 74.5 Å². The molecule has 15 heteroatoms. The standard InChI is InChI=1S/C27H34N4O11/c1-14(18(40-16(3)32)15(2)13-17-9-7-6-8-10-17)11-12-25-19(33)20(34)27(42-25,23(35)36)26(38,24(37)39-5)21(41-25)22-28-30-31(4)29-22/h6-10,15,18-21,33-34,38H,1,11-13H2,2-5H3,(H,35,36)/t15-,18-,19-,20-,21-,25+,26-,27+/m1/s1. The number of carboxylic acids is 1. The number of aliphatic carboxylic acids is 1. The van der Waals surface area contributed by atoms with Crippen LogP contribution in [0.4, 0.5) is 0 Å². The van der Waals surface area contributed by atoms with Crippen LogP contribution in [0.15, 0.2) is 42.5 Å². The van der Waals surface area contributed by atoms with Crippen LogP contribution in [0.25, 0.3) is 0 Å². The summed E-state index contributed by atoms with van der Waals surface area (Å²) in [4.78, 5) is 38.7. The third-order valence-electron chi connectivity index (χ3n) is 7.74. The molecule has 0 amide bonds. The zero-order chi connectivity index (χ0) is 31.0. The molecule has 2 aliphatic rings. The topological polar surface area (TPSA) is 213 Å². The lowest BCUT2D eigenvalue weighted by atomic mass is 9.74. The number of esters is 2. The first kappa shape index (κ1) is 31.2. The fraction of sp³-hybridized carbons (Fsp3) is 0.556. The molecule has 1 aromatic carbocycles. The minimum absolute atomic E-state index is 0.0617. The van der Waals surface area contributed by atoms with Crippen molar-refractivity contribution >= 4 is 17.9 Å². The van der Waals surface area contributed by atoms with Gasteiger partial charge in [0.15, 0.2) is 11.9 Å². The Morgan fingerprint density at radius 1 is 1.19 bits per heavy atom. The summed E-state index contributed by atoms with van der Waals surface area (Å²) in [6, 6.07) is 9.50. The lowest BCUT2D eigenvalue weighted by Crippen LogP contribution is -2.74. The van der Waals surface area contributed by atoms with Gasteiger partial charge in [-0.15, -0.1) is 10.2 Å². The first-order chi connectivity index (χ1) is 19.7. The summed E-state index contributed by atoms with van der Waals surface area (Å²) < 4.78 is 21.9. The second-order valence-corrected chi connectivity index (χ2v) is 10.6. The number of methoxy groups -OCH3 is 1. The van der Waals surface area contributed by atoms with E-state index in [2.05, 4.69) is 26.7 Å². The van der Waals surface area contributed by atoms with Crippen LogP contribution in [-0.4, -0.2) is 101 Å². The molecule has 2 bridgehead atoms. The molecule has 3 heterocycles. The summed E-state index contributed by atoms with van der Waals surface area (Å²) in [7, 11) is 2.26. The Hall–Kier alpha value is -3.76. The number of tetrazole rings is 1. The number of fused-ring (bicyclic) bond motifs is 2. The summed E-state index contributed by atoms with van der Waals surface area (Å²) in [5.41, 5.74) is -5.06. The Bertz CT molecular complexity index is 1350. The number of benzene rings is 1. The normalized spacial score (nSPS) is 31.6. The van der Waals surface area contributed by atoms with Gasteiger partial charge in [-0.25, -0.2) is 9.59 Å². The van der Waals surface area contributed by atoms with Crippen LogP contribution in [-0.2, 0) is 46.8 Å². The largest absolute Gasteiger partial charge is 0.479 e. The van der Waals surface area contributed by atoms with Crippen LogP contribution < -0.4 is 0 Å². The average Bonchev–Trinajstić information content (AvgIpc) is 3.47. The van der Waals surface area contributed by atoms with Gasteiger partial charge >= 0.3 is 17.9 Å². The second-order valence-electron chi connectivity index (χ2n) is 10.6. The fourth-order valence-electron chi connectivity index (χ4n) is 5.73. The van der Waals surface area contributed by atoms with Gasteiger partial charge in [-0.2, -0.15) is 4.80 Å². The molecule has 0 unspecified atom stereocenters. The van der Waals surface area contributed by atoms with Gasteiger partial charge in [-0.1, -0.05) is 43.8 Å².